The summed E-state index contributed by atoms with van der Waals surface area (Å²) in [6.07, 6.45) is 5.70. The van der Waals surface area contributed by atoms with E-state index in [1.54, 1.807) is 30.6 Å². The minimum Gasteiger partial charge on any atom is -0.490 e. The fourth-order valence-electron chi connectivity index (χ4n) is 4.33. The van der Waals surface area contributed by atoms with Crippen LogP contribution in [-0.4, -0.2) is 51.4 Å². The van der Waals surface area contributed by atoms with Crippen LogP contribution in [0.1, 0.15) is 18.4 Å². The van der Waals surface area contributed by atoms with E-state index >= 15 is 0 Å². The molecule has 1 saturated heterocycles. The summed E-state index contributed by atoms with van der Waals surface area (Å²) >= 11 is 0. The Morgan fingerprint density at radius 3 is 2.50 bits per heavy atom. The van der Waals surface area contributed by atoms with E-state index in [2.05, 4.69) is 27.0 Å². The average Bonchev–Trinajstić information content (AvgIpc) is 2.90. The fourth-order valence-corrected chi connectivity index (χ4v) is 4.33. The van der Waals surface area contributed by atoms with Crippen LogP contribution in [0.4, 0.5) is 4.39 Å². The van der Waals surface area contributed by atoms with Crippen molar-refractivity contribution in [2.75, 3.05) is 26.7 Å². The van der Waals surface area contributed by atoms with Crippen molar-refractivity contribution in [3.63, 3.8) is 0 Å². The van der Waals surface area contributed by atoms with Gasteiger partial charge in [-0.2, -0.15) is 5.10 Å². The quantitative estimate of drug-likeness (QED) is 0.389. The van der Waals surface area contributed by atoms with Gasteiger partial charge in [-0.15, -0.1) is 0 Å². The first-order valence-corrected chi connectivity index (χ1v) is 12.1. The van der Waals surface area contributed by atoms with Gasteiger partial charge in [-0.25, -0.2) is 19.0 Å². The molecule has 36 heavy (non-hydrogen) atoms. The zero-order valence-electron chi connectivity index (χ0n) is 20.2. The van der Waals surface area contributed by atoms with Crippen LogP contribution >= 0.6 is 0 Å². The Labute approximate surface area is 209 Å². The monoisotopic (exact) mass is 485 g/mol. The predicted octanol–water partition coefficient (Wildman–Crippen LogP) is 4.28. The molecule has 1 fully saturated rings. The molecule has 0 aliphatic carbocycles. The SMILES string of the molecule is CN1CCC(COc2cnc(-c3cccc(Cn4nc(-c5cccc(F)c5)ccc4=O)c3)nc2)CC1. The third-order valence-corrected chi connectivity index (χ3v) is 6.46. The van der Waals surface area contributed by atoms with Crippen LogP contribution in [0.2, 0.25) is 0 Å². The number of likely N-dealkylation sites (tertiary alicyclic amines) is 1. The van der Waals surface area contributed by atoms with Crippen molar-refractivity contribution in [2.24, 2.45) is 5.92 Å². The van der Waals surface area contributed by atoms with Crippen LogP contribution in [0.3, 0.4) is 0 Å². The van der Waals surface area contributed by atoms with Gasteiger partial charge >= 0.3 is 0 Å². The first-order chi connectivity index (χ1) is 17.5. The lowest BCUT2D eigenvalue weighted by atomic mass is 9.98. The first kappa shape index (κ1) is 23.8. The van der Waals surface area contributed by atoms with Crippen LogP contribution in [0, 0.1) is 11.7 Å². The molecule has 1 aliphatic rings. The van der Waals surface area contributed by atoms with E-state index in [0.717, 1.165) is 37.1 Å². The van der Waals surface area contributed by atoms with Gasteiger partial charge in [0.25, 0.3) is 5.56 Å². The van der Waals surface area contributed by atoms with E-state index in [1.165, 1.54) is 22.9 Å². The molecule has 1 aliphatic heterocycles. The Bertz CT molecular complexity index is 1380. The van der Waals surface area contributed by atoms with Gasteiger partial charge in [-0.1, -0.05) is 30.3 Å². The number of halogens is 1. The van der Waals surface area contributed by atoms with E-state index in [-0.39, 0.29) is 17.9 Å². The summed E-state index contributed by atoms with van der Waals surface area (Å²) in [5, 5.41) is 4.44. The third-order valence-electron chi connectivity index (χ3n) is 6.46. The van der Waals surface area contributed by atoms with Crippen molar-refractivity contribution >= 4 is 0 Å². The summed E-state index contributed by atoms with van der Waals surface area (Å²) in [6.45, 7) is 3.17. The molecular formula is C28H28FN5O2. The van der Waals surface area contributed by atoms with Crippen molar-refractivity contribution in [3.8, 4) is 28.4 Å². The van der Waals surface area contributed by atoms with Crippen LogP contribution in [0.25, 0.3) is 22.6 Å². The highest BCUT2D eigenvalue weighted by molar-refractivity contribution is 5.58. The maximum absolute atomic E-state index is 13.6. The van der Waals surface area contributed by atoms with Crippen LogP contribution in [0.15, 0.2) is 77.9 Å². The minimum absolute atomic E-state index is 0.233. The molecule has 7 nitrogen and oxygen atoms in total. The number of aromatic nitrogens is 4. The third kappa shape index (κ3) is 5.83. The van der Waals surface area contributed by atoms with Crippen molar-refractivity contribution in [1.82, 2.24) is 24.6 Å². The fraction of sp³-hybridized carbons (Fsp3) is 0.286. The molecule has 0 amide bonds. The number of ether oxygens (including phenoxy) is 1. The lowest BCUT2D eigenvalue weighted by Crippen LogP contribution is -2.32. The lowest BCUT2D eigenvalue weighted by molar-refractivity contribution is 0.159. The maximum Gasteiger partial charge on any atom is 0.267 e. The van der Waals surface area contributed by atoms with E-state index < -0.39 is 0 Å². The zero-order chi connectivity index (χ0) is 24.9. The van der Waals surface area contributed by atoms with Gasteiger partial charge in [0.05, 0.1) is 31.2 Å². The number of benzene rings is 2. The standard InChI is InChI=1S/C28H28FN5O2/c1-33-12-10-20(11-13-33)19-36-25-16-30-28(31-17-25)23-6-2-4-21(14-23)18-34-27(35)9-8-26(32-34)22-5-3-7-24(29)15-22/h2-9,14-17,20H,10-13,18-19H2,1H3. The molecule has 2 aromatic carbocycles. The van der Waals surface area contributed by atoms with Crippen molar-refractivity contribution in [1.29, 1.82) is 0 Å². The average molecular weight is 486 g/mol. The van der Waals surface area contributed by atoms with Gasteiger partial charge in [0.2, 0.25) is 0 Å². The molecule has 184 valence electrons. The van der Waals surface area contributed by atoms with E-state index in [0.29, 0.717) is 35.4 Å². The van der Waals surface area contributed by atoms with Crippen LogP contribution in [0.5, 0.6) is 5.75 Å². The molecular weight excluding hydrogens is 457 g/mol. The molecule has 0 atom stereocenters. The first-order valence-electron chi connectivity index (χ1n) is 12.1. The Kier molecular flexibility index (Phi) is 7.13. The molecule has 5 rings (SSSR count). The number of piperidine rings is 1. The van der Waals surface area contributed by atoms with Gasteiger partial charge in [0, 0.05) is 17.2 Å². The van der Waals surface area contributed by atoms with Gasteiger partial charge in [0.15, 0.2) is 11.6 Å². The topological polar surface area (TPSA) is 73.1 Å². The smallest absolute Gasteiger partial charge is 0.267 e. The molecule has 2 aromatic heterocycles. The minimum atomic E-state index is -0.349. The largest absolute Gasteiger partial charge is 0.490 e. The second-order valence-corrected chi connectivity index (χ2v) is 9.23. The normalized spacial score (nSPS) is 14.6. The van der Waals surface area contributed by atoms with Crippen molar-refractivity contribution in [2.45, 2.75) is 19.4 Å². The Balaban J connectivity index is 1.27. The maximum atomic E-state index is 13.6. The summed E-state index contributed by atoms with van der Waals surface area (Å²) in [6, 6.07) is 16.9. The van der Waals surface area contributed by atoms with Gasteiger partial charge in [0.1, 0.15) is 5.82 Å². The molecule has 0 saturated carbocycles. The van der Waals surface area contributed by atoms with Crippen LogP contribution in [-0.2, 0) is 6.54 Å². The number of rotatable bonds is 7. The molecule has 0 spiro atoms. The number of hydrogen-bond acceptors (Lipinski definition) is 6. The highest BCUT2D eigenvalue weighted by Crippen LogP contribution is 2.21. The summed E-state index contributed by atoms with van der Waals surface area (Å²) < 4.78 is 20.9. The molecule has 0 radical (unpaired) electrons. The van der Waals surface area contributed by atoms with E-state index in [1.807, 2.05) is 24.3 Å². The highest BCUT2D eigenvalue weighted by Gasteiger charge is 2.17. The van der Waals surface area contributed by atoms with E-state index in [4.69, 9.17) is 4.74 Å². The Morgan fingerprint density at radius 1 is 0.972 bits per heavy atom. The van der Waals surface area contributed by atoms with Gasteiger partial charge in [-0.3, -0.25) is 4.79 Å². The Hall–Kier alpha value is -3.91. The van der Waals surface area contributed by atoms with Crippen molar-refractivity contribution in [3.05, 3.63) is 94.8 Å². The second-order valence-electron chi connectivity index (χ2n) is 9.23. The van der Waals surface area contributed by atoms with Gasteiger partial charge in [-0.05, 0) is 68.7 Å². The summed E-state index contributed by atoms with van der Waals surface area (Å²) in [7, 11) is 2.15. The molecule has 0 bridgehead atoms. The van der Waals surface area contributed by atoms with Crippen LogP contribution < -0.4 is 10.3 Å². The predicted molar refractivity (Wildman–Crippen MR) is 136 cm³/mol. The van der Waals surface area contributed by atoms with E-state index in [9.17, 15) is 9.18 Å². The Morgan fingerprint density at radius 2 is 1.72 bits per heavy atom. The molecule has 0 unspecified atom stereocenters. The van der Waals surface area contributed by atoms with Crippen molar-refractivity contribution < 1.29 is 9.13 Å². The summed E-state index contributed by atoms with van der Waals surface area (Å²) in [5.74, 6) is 1.46. The number of nitrogens with zero attached hydrogens (tertiary/aromatic N) is 5. The molecule has 3 heterocycles. The molecule has 4 aromatic rings. The highest BCUT2D eigenvalue weighted by atomic mass is 19.1. The second kappa shape index (κ2) is 10.8. The number of hydrogen-bond donors (Lipinski definition) is 0. The lowest BCUT2D eigenvalue weighted by Gasteiger charge is -2.28. The molecule has 0 N–H and O–H groups in total. The van der Waals surface area contributed by atoms with Gasteiger partial charge < -0.3 is 9.64 Å². The summed E-state index contributed by atoms with van der Waals surface area (Å²) in [5.41, 5.74) is 2.63. The molecule has 8 heteroatoms. The summed E-state index contributed by atoms with van der Waals surface area (Å²) in [4.78, 5) is 23.8. The zero-order valence-corrected chi connectivity index (χ0v) is 20.2.